The molecule has 0 N–H and O–H groups in total. The fraction of sp³-hybridized carbons (Fsp3) is 0.333. The van der Waals surface area contributed by atoms with Crippen LogP contribution in [0.4, 0.5) is 0 Å². The summed E-state index contributed by atoms with van der Waals surface area (Å²) in [6.07, 6.45) is 2.93. The van der Waals surface area contributed by atoms with E-state index in [-0.39, 0.29) is 17.3 Å². The zero-order valence-electron chi connectivity index (χ0n) is 17.3. The largest absolute Gasteiger partial charge is 0.441 e. The molecule has 0 amide bonds. The van der Waals surface area contributed by atoms with Crippen molar-refractivity contribution in [3.05, 3.63) is 76.1 Å². The van der Waals surface area contributed by atoms with Crippen molar-refractivity contribution in [2.75, 3.05) is 5.75 Å². The predicted octanol–water partition coefficient (Wildman–Crippen LogP) is 5.71. The second-order valence-electron chi connectivity index (χ2n) is 7.32. The SMILES string of the molecule is CCc1ccc(-c2nc(CS(=O)CC(=O)CCCc3ccc(Cl)cc3)c(C)o2)cc1. The van der Waals surface area contributed by atoms with Gasteiger partial charge in [-0.15, -0.1) is 0 Å². The van der Waals surface area contributed by atoms with Gasteiger partial charge in [0.2, 0.25) is 5.89 Å². The average Bonchev–Trinajstić information content (AvgIpc) is 3.09. The fourth-order valence-electron chi connectivity index (χ4n) is 3.16. The first-order chi connectivity index (χ1) is 14.4. The zero-order valence-corrected chi connectivity index (χ0v) is 18.9. The number of hydrogen-bond acceptors (Lipinski definition) is 4. The number of aryl methyl sites for hydroxylation is 3. The van der Waals surface area contributed by atoms with E-state index in [1.807, 2.05) is 43.3 Å². The van der Waals surface area contributed by atoms with E-state index in [4.69, 9.17) is 16.0 Å². The summed E-state index contributed by atoms with van der Waals surface area (Å²) in [5.74, 6) is 1.46. The lowest BCUT2D eigenvalue weighted by Gasteiger charge is -2.03. The Morgan fingerprint density at radius 1 is 1.07 bits per heavy atom. The standard InChI is InChI=1S/C24H26ClNO3S/c1-3-18-7-11-20(12-8-18)24-26-23(17(2)29-24)16-30(28)15-22(27)6-4-5-19-9-13-21(25)14-10-19/h7-14H,3-6,15-16H2,1-2H3. The molecule has 3 rings (SSSR count). The lowest BCUT2D eigenvalue weighted by molar-refractivity contribution is -0.116. The Labute approximate surface area is 185 Å². The topological polar surface area (TPSA) is 60.2 Å². The molecule has 0 saturated heterocycles. The van der Waals surface area contributed by atoms with Gasteiger partial charge in [-0.25, -0.2) is 4.98 Å². The average molecular weight is 444 g/mol. The Hall–Kier alpha value is -2.24. The first-order valence-electron chi connectivity index (χ1n) is 10.1. The van der Waals surface area contributed by atoms with Crippen LogP contribution < -0.4 is 0 Å². The van der Waals surface area contributed by atoms with Gasteiger partial charge in [-0.3, -0.25) is 9.00 Å². The number of Topliss-reactive ketones (excluding diaryl/α,β-unsaturated/α-hetero) is 1. The summed E-state index contributed by atoms with van der Waals surface area (Å²) in [5, 5.41) is 0.703. The van der Waals surface area contributed by atoms with Crippen LogP contribution in [0.1, 0.15) is 42.3 Å². The van der Waals surface area contributed by atoms with Crippen molar-refractivity contribution < 1.29 is 13.4 Å². The molecule has 6 heteroatoms. The molecule has 1 atom stereocenters. The zero-order chi connectivity index (χ0) is 21.5. The molecule has 1 unspecified atom stereocenters. The van der Waals surface area contributed by atoms with Crippen LogP contribution in [0.2, 0.25) is 5.02 Å². The van der Waals surface area contributed by atoms with Gasteiger partial charge in [-0.05, 0) is 61.6 Å². The molecular weight excluding hydrogens is 418 g/mol. The summed E-state index contributed by atoms with van der Waals surface area (Å²) in [4.78, 5) is 16.7. The summed E-state index contributed by atoms with van der Waals surface area (Å²) in [6, 6.07) is 15.7. The van der Waals surface area contributed by atoms with E-state index >= 15 is 0 Å². The third-order valence-corrected chi connectivity index (χ3v) is 6.45. The highest BCUT2D eigenvalue weighted by Gasteiger charge is 2.16. The van der Waals surface area contributed by atoms with Gasteiger partial charge >= 0.3 is 0 Å². The van der Waals surface area contributed by atoms with Gasteiger partial charge in [0.1, 0.15) is 11.5 Å². The Morgan fingerprint density at radius 2 is 1.73 bits per heavy atom. The number of benzene rings is 2. The third kappa shape index (κ3) is 6.38. The predicted molar refractivity (Wildman–Crippen MR) is 122 cm³/mol. The quantitative estimate of drug-likeness (QED) is 0.403. The van der Waals surface area contributed by atoms with E-state index in [1.165, 1.54) is 5.56 Å². The number of halogens is 1. The van der Waals surface area contributed by atoms with Gasteiger partial charge < -0.3 is 4.42 Å². The van der Waals surface area contributed by atoms with Crippen molar-refractivity contribution in [1.82, 2.24) is 4.98 Å². The highest BCUT2D eigenvalue weighted by Crippen LogP contribution is 2.23. The molecule has 158 valence electrons. The van der Waals surface area contributed by atoms with Crippen molar-refractivity contribution >= 4 is 28.2 Å². The number of rotatable bonds is 10. The molecule has 3 aromatic rings. The molecule has 4 nitrogen and oxygen atoms in total. The molecule has 0 fully saturated rings. The Morgan fingerprint density at radius 3 is 2.40 bits per heavy atom. The summed E-state index contributed by atoms with van der Waals surface area (Å²) in [6.45, 7) is 3.92. The van der Waals surface area contributed by atoms with Crippen molar-refractivity contribution in [3.63, 3.8) is 0 Å². The normalized spacial score (nSPS) is 12.1. The first kappa shape index (κ1) is 22.4. The van der Waals surface area contributed by atoms with E-state index in [1.54, 1.807) is 0 Å². The van der Waals surface area contributed by atoms with E-state index in [0.717, 1.165) is 30.4 Å². The summed E-state index contributed by atoms with van der Waals surface area (Å²) >= 11 is 5.88. The van der Waals surface area contributed by atoms with Crippen molar-refractivity contribution in [3.8, 4) is 11.5 Å². The molecule has 0 aliphatic heterocycles. The lowest BCUT2D eigenvalue weighted by atomic mass is 10.1. The lowest BCUT2D eigenvalue weighted by Crippen LogP contribution is -2.12. The van der Waals surface area contributed by atoms with Crippen molar-refractivity contribution in [2.45, 2.75) is 45.3 Å². The molecule has 30 heavy (non-hydrogen) atoms. The van der Waals surface area contributed by atoms with E-state index < -0.39 is 10.8 Å². The van der Waals surface area contributed by atoms with Crippen molar-refractivity contribution in [2.24, 2.45) is 0 Å². The number of ketones is 1. The number of nitrogens with zero attached hydrogens (tertiary/aromatic N) is 1. The second-order valence-corrected chi connectivity index (χ2v) is 9.21. The molecule has 0 bridgehead atoms. The third-order valence-electron chi connectivity index (χ3n) is 4.96. The minimum absolute atomic E-state index is 0.0128. The molecule has 2 aromatic carbocycles. The second kappa shape index (κ2) is 10.7. The highest BCUT2D eigenvalue weighted by molar-refractivity contribution is 7.84. The van der Waals surface area contributed by atoms with Crippen LogP contribution in [0.3, 0.4) is 0 Å². The van der Waals surface area contributed by atoms with Gasteiger partial charge in [-0.1, -0.05) is 42.8 Å². The van der Waals surface area contributed by atoms with Crippen LogP contribution >= 0.6 is 11.6 Å². The van der Waals surface area contributed by atoms with Gasteiger partial charge in [0.15, 0.2) is 0 Å². The van der Waals surface area contributed by atoms with Crippen LogP contribution in [0.5, 0.6) is 0 Å². The smallest absolute Gasteiger partial charge is 0.226 e. The molecule has 1 aromatic heterocycles. The minimum atomic E-state index is -1.30. The van der Waals surface area contributed by atoms with Gasteiger partial charge in [0, 0.05) is 27.8 Å². The van der Waals surface area contributed by atoms with Crippen LogP contribution in [0.25, 0.3) is 11.5 Å². The highest BCUT2D eigenvalue weighted by atomic mass is 35.5. The maximum atomic E-state index is 12.5. The summed E-state index contributed by atoms with van der Waals surface area (Å²) in [5.41, 5.74) is 3.94. The van der Waals surface area contributed by atoms with Gasteiger partial charge in [-0.2, -0.15) is 0 Å². The molecule has 0 saturated carbocycles. The van der Waals surface area contributed by atoms with E-state index in [0.29, 0.717) is 28.8 Å². The van der Waals surface area contributed by atoms with Crippen LogP contribution in [-0.2, 0) is 34.2 Å². The minimum Gasteiger partial charge on any atom is -0.441 e. The fourth-order valence-corrected chi connectivity index (χ4v) is 4.47. The Balaban J connectivity index is 1.49. The van der Waals surface area contributed by atoms with Gasteiger partial charge in [0.05, 0.1) is 17.2 Å². The summed E-state index contributed by atoms with van der Waals surface area (Å²) in [7, 11) is -1.30. The maximum absolute atomic E-state index is 12.5. The number of hydrogen-bond donors (Lipinski definition) is 0. The number of oxazole rings is 1. The number of aromatic nitrogens is 1. The van der Waals surface area contributed by atoms with Crippen LogP contribution in [-0.4, -0.2) is 20.7 Å². The molecule has 0 radical (unpaired) electrons. The molecule has 0 aliphatic carbocycles. The van der Waals surface area contributed by atoms with E-state index in [9.17, 15) is 9.00 Å². The maximum Gasteiger partial charge on any atom is 0.226 e. The van der Waals surface area contributed by atoms with Crippen LogP contribution in [0, 0.1) is 6.92 Å². The molecular formula is C24H26ClNO3S. The first-order valence-corrected chi connectivity index (χ1v) is 12.0. The number of carbonyl (C=O) groups excluding carboxylic acids is 1. The van der Waals surface area contributed by atoms with Crippen LogP contribution in [0.15, 0.2) is 52.9 Å². The van der Waals surface area contributed by atoms with E-state index in [2.05, 4.69) is 24.0 Å². The Kier molecular flexibility index (Phi) is 8.00. The monoisotopic (exact) mass is 443 g/mol. The molecule has 1 heterocycles. The van der Waals surface area contributed by atoms with Crippen molar-refractivity contribution in [1.29, 1.82) is 0 Å². The molecule has 0 aliphatic rings. The Bertz CT molecular complexity index is 1010. The summed E-state index contributed by atoms with van der Waals surface area (Å²) < 4.78 is 18.2. The van der Waals surface area contributed by atoms with Gasteiger partial charge in [0.25, 0.3) is 0 Å². The number of carbonyl (C=O) groups is 1. The molecule has 0 spiro atoms.